The molecule has 110 valence electrons. The van der Waals surface area contributed by atoms with Gasteiger partial charge in [-0.2, -0.15) is 13.2 Å². The van der Waals surface area contributed by atoms with E-state index in [1.165, 1.54) is 17.4 Å². The van der Waals surface area contributed by atoms with Crippen LogP contribution in [0.4, 0.5) is 18.9 Å². The van der Waals surface area contributed by atoms with E-state index in [1.54, 1.807) is 17.5 Å². The van der Waals surface area contributed by atoms with Crippen LogP contribution < -0.4 is 11.1 Å². The third kappa shape index (κ3) is 3.59. The Morgan fingerprint density at radius 3 is 2.52 bits per heavy atom. The average Bonchev–Trinajstić information content (AvgIpc) is 2.91. The Labute approximate surface area is 127 Å². The Hall–Kier alpha value is -1.93. The van der Waals surface area contributed by atoms with Gasteiger partial charge in [-0.3, -0.25) is 4.79 Å². The Bertz CT molecular complexity index is 681. The molecule has 0 bridgehead atoms. The lowest BCUT2D eigenvalue weighted by molar-refractivity contribution is -0.137. The predicted octanol–water partition coefficient (Wildman–Crippen LogP) is 3.65. The van der Waals surface area contributed by atoms with Gasteiger partial charge in [0.05, 0.1) is 10.4 Å². The van der Waals surface area contributed by atoms with Crippen LogP contribution in [0.5, 0.6) is 0 Å². The van der Waals surface area contributed by atoms with E-state index in [2.05, 4.69) is 17.5 Å². The Morgan fingerprint density at radius 1 is 1.29 bits per heavy atom. The molecule has 1 aromatic carbocycles. The third-order valence-electron chi connectivity index (χ3n) is 2.59. The number of benzene rings is 1. The molecule has 21 heavy (non-hydrogen) atoms. The van der Waals surface area contributed by atoms with Gasteiger partial charge in [0.15, 0.2) is 0 Å². The molecule has 3 N–H and O–H groups in total. The van der Waals surface area contributed by atoms with E-state index in [0.717, 1.165) is 12.1 Å². The zero-order valence-corrected chi connectivity index (χ0v) is 12.0. The van der Waals surface area contributed by atoms with Crippen LogP contribution in [0.2, 0.25) is 0 Å². The summed E-state index contributed by atoms with van der Waals surface area (Å²) in [6.07, 6.45) is -4.61. The van der Waals surface area contributed by atoms with E-state index in [1.807, 2.05) is 0 Å². The van der Waals surface area contributed by atoms with E-state index in [-0.39, 0.29) is 16.2 Å². The van der Waals surface area contributed by atoms with Crippen LogP contribution in [0, 0.1) is 0 Å². The number of nitrogens with one attached hydrogen (secondary N) is 1. The molecule has 0 atom stereocenters. The highest BCUT2D eigenvalue weighted by molar-refractivity contribution is 7.80. The number of hydrogen-bond acceptors (Lipinski definition) is 3. The zero-order valence-electron chi connectivity index (χ0n) is 10.4. The minimum Gasteiger partial charge on any atom is -0.389 e. The minimum absolute atomic E-state index is 0.0284. The van der Waals surface area contributed by atoms with Crippen LogP contribution in [0.25, 0.3) is 0 Å². The van der Waals surface area contributed by atoms with Gasteiger partial charge in [-0.15, -0.1) is 11.3 Å². The highest BCUT2D eigenvalue weighted by Gasteiger charge is 2.34. The third-order valence-corrected chi connectivity index (χ3v) is 3.68. The van der Waals surface area contributed by atoms with E-state index < -0.39 is 17.6 Å². The fraction of sp³-hybridized carbons (Fsp3) is 0.0769. The number of anilines is 1. The summed E-state index contributed by atoms with van der Waals surface area (Å²) in [6, 6.07) is 6.55. The monoisotopic (exact) mass is 330 g/mol. The maximum Gasteiger partial charge on any atom is 0.417 e. The summed E-state index contributed by atoms with van der Waals surface area (Å²) in [5.74, 6) is -0.471. The summed E-state index contributed by atoms with van der Waals surface area (Å²) in [4.78, 5) is 11.9. The number of nitrogens with two attached hydrogens (primary N) is 1. The number of hydrogen-bond donors (Lipinski definition) is 2. The molecule has 8 heteroatoms. The van der Waals surface area contributed by atoms with Crippen molar-refractivity contribution in [2.75, 3.05) is 5.32 Å². The maximum atomic E-state index is 13.0. The lowest BCUT2D eigenvalue weighted by Gasteiger charge is -2.14. The van der Waals surface area contributed by atoms with Crippen molar-refractivity contribution in [1.29, 1.82) is 0 Å². The van der Waals surface area contributed by atoms with Crippen molar-refractivity contribution in [3.63, 3.8) is 0 Å². The normalized spacial score (nSPS) is 11.2. The first-order valence-electron chi connectivity index (χ1n) is 5.65. The summed E-state index contributed by atoms with van der Waals surface area (Å²) in [7, 11) is 0. The lowest BCUT2D eigenvalue weighted by Crippen LogP contribution is -2.19. The van der Waals surface area contributed by atoms with E-state index in [4.69, 9.17) is 5.73 Å². The van der Waals surface area contributed by atoms with Crippen LogP contribution >= 0.6 is 23.6 Å². The summed E-state index contributed by atoms with van der Waals surface area (Å²) in [5, 5.41) is 4.11. The molecule has 0 spiro atoms. The van der Waals surface area contributed by atoms with E-state index in [9.17, 15) is 18.0 Å². The Kier molecular flexibility index (Phi) is 4.29. The minimum atomic E-state index is -4.61. The fourth-order valence-electron chi connectivity index (χ4n) is 1.67. The van der Waals surface area contributed by atoms with Gasteiger partial charge < -0.3 is 11.1 Å². The van der Waals surface area contributed by atoms with Crippen LogP contribution in [-0.2, 0) is 6.18 Å². The van der Waals surface area contributed by atoms with Gasteiger partial charge in [-0.1, -0.05) is 18.3 Å². The number of thiophene rings is 1. The van der Waals surface area contributed by atoms with Gasteiger partial charge in [0, 0.05) is 11.3 Å². The van der Waals surface area contributed by atoms with Crippen molar-refractivity contribution in [1.82, 2.24) is 0 Å². The molecule has 1 heterocycles. The highest BCUT2D eigenvalue weighted by atomic mass is 32.1. The number of carbonyl (C=O) groups excluding carboxylic acids is 1. The second-order valence-electron chi connectivity index (χ2n) is 4.05. The lowest BCUT2D eigenvalue weighted by atomic mass is 10.1. The summed E-state index contributed by atoms with van der Waals surface area (Å²) >= 11 is 5.80. The SMILES string of the molecule is NC(=S)c1ccc(NC(=O)c2cccs2)cc1C(F)(F)F. The summed E-state index contributed by atoms with van der Waals surface area (Å²) < 4.78 is 38.9. The number of amides is 1. The molecular formula is C13H9F3N2OS2. The van der Waals surface area contributed by atoms with E-state index >= 15 is 0 Å². The smallest absolute Gasteiger partial charge is 0.389 e. The molecule has 3 nitrogen and oxygen atoms in total. The quantitative estimate of drug-likeness (QED) is 0.845. The van der Waals surface area contributed by atoms with Crippen molar-refractivity contribution in [3.8, 4) is 0 Å². The highest BCUT2D eigenvalue weighted by Crippen LogP contribution is 2.34. The van der Waals surface area contributed by atoms with Crippen molar-refractivity contribution in [2.45, 2.75) is 6.18 Å². The zero-order chi connectivity index (χ0) is 15.6. The van der Waals surface area contributed by atoms with Gasteiger partial charge in [0.25, 0.3) is 5.91 Å². The molecular weight excluding hydrogens is 321 g/mol. The molecule has 0 aliphatic heterocycles. The molecule has 1 amide bonds. The summed E-state index contributed by atoms with van der Waals surface area (Å²) in [6.45, 7) is 0. The molecule has 0 fully saturated rings. The van der Waals surface area contributed by atoms with Gasteiger partial charge in [0.2, 0.25) is 0 Å². The number of thiocarbonyl (C=S) groups is 1. The molecule has 0 saturated heterocycles. The van der Waals surface area contributed by atoms with Gasteiger partial charge in [-0.05, 0) is 29.6 Å². The van der Waals surface area contributed by atoms with Crippen LogP contribution in [0.3, 0.4) is 0 Å². The van der Waals surface area contributed by atoms with Crippen molar-refractivity contribution in [3.05, 3.63) is 51.7 Å². The van der Waals surface area contributed by atoms with Gasteiger partial charge >= 0.3 is 6.18 Å². The average molecular weight is 330 g/mol. The first-order valence-corrected chi connectivity index (χ1v) is 6.93. The first kappa shape index (κ1) is 15.5. The Morgan fingerprint density at radius 2 is 2.00 bits per heavy atom. The van der Waals surface area contributed by atoms with Crippen molar-refractivity contribution < 1.29 is 18.0 Å². The topological polar surface area (TPSA) is 55.1 Å². The van der Waals surface area contributed by atoms with Crippen LogP contribution in [-0.4, -0.2) is 10.9 Å². The number of carbonyl (C=O) groups is 1. The van der Waals surface area contributed by atoms with Crippen molar-refractivity contribution >= 4 is 40.1 Å². The number of alkyl halides is 3. The number of rotatable bonds is 3. The second kappa shape index (κ2) is 5.82. The largest absolute Gasteiger partial charge is 0.417 e. The molecule has 2 aromatic rings. The van der Waals surface area contributed by atoms with Gasteiger partial charge in [0.1, 0.15) is 4.99 Å². The molecule has 0 radical (unpaired) electrons. The maximum absolute atomic E-state index is 13.0. The number of halogens is 3. The standard InChI is InChI=1S/C13H9F3N2OS2/c14-13(15,16)9-6-7(3-4-8(9)11(17)20)18-12(19)10-2-1-5-21-10/h1-6H,(H2,17,20)(H,18,19). The first-order chi connectivity index (χ1) is 9.79. The fourth-order valence-corrected chi connectivity index (χ4v) is 2.47. The molecule has 0 aliphatic carbocycles. The molecule has 0 saturated carbocycles. The molecule has 0 unspecified atom stereocenters. The van der Waals surface area contributed by atoms with Crippen molar-refractivity contribution in [2.24, 2.45) is 5.73 Å². The molecule has 1 aromatic heterocycles. The molecule has 0 aliphatic rings. The summed E-state index contributed by atoms with van der Waals surface area (Å²) in [5.41, 5.74) is 4.07. The Balaban J connectivity index is 2.34. The molecule has 2 rings (SSSR count). The second-order valence-corrected chi connectivity index (χ2v) is 5.44. The predicted molar refractivity (Wildman–Crippen MR) is 79.6 cm³/mol. The van der Waals surface area contributed by atoms with E-state index in [0.29, 0.717) is 4.88 Å². The van der Waals surface area contributed by atoms with Crippen LogP contribution in [0.1, 0.15) is 20.8 Å². The van der Waals surface area contributed by atoms with Gasteiger partial charge in [-0.25, -0.2) is 0 Å². The van der Waals surface area contributed by atoms with Crippen LogP contribution in [0.15, 0.2) is 35.7 Å².